The molecule has 0 spiro atoms. The fraction of sp³-hybridized carbons (Fsp3) is 0.611. The number of ether oxygens (including phenoxy) is 1. The van der Waals surface area contributed by atoms with Gasteiger partial charge < -0.3 is 15.0 Å². The lowest BCUT2D eigenvalue weighted by Gasteiger charge is -2.31. The molecule has 2 aliphatic heterocycles. The lowest BCUT2D eigenvalue weighted by atomic mass is 9.99. The summed E-state index contributed by atoms with van der Waals surface area (Å²) in [7, 11) is 0. The lowest BCUT2D eigenvalue weighted by molar-refractivity contribution is -0.117. The first-order chi connectivity index (χ1) is 11.2. The van der Waals surface area contributed by atoms with Crippen LogP contribution in [0, 0.1) is 5.92 Å². The van der Waals surface area contributed by atoms with Crippen molar-refractivity contribution >= 4 is 17.3 Å². The smallest absolute Gasteiger partial charge is 0.238 e. The standard InChI is InChI=1S/C18H27N3O2/c1-15-6-8-20(9-7-15)14-18(22)19-16-4-2-3-5-17(16)21-10-12-23-13-11-21/h2-5,15H,6-14H2,1H3,(H,19,22). The molecule has 0 aromatic heterocycles. The van der Waals surface area contributed by atoms with E-state index in [1.54, 1.807) is 0 Å². The first-order valence-corrected chi connectivity index (χ1v) is 8.66. The molecule has 0 saturated carbocycles. The van der Waals surface area contributed by atoms with Crippen LogP contribution in [0.15, 0.2) is 24.3 Å². The molecular formula is C18H27N3O2. The summed E-state index contributed by atoms with van der Waals surface area (Å²) in [6.45, 7) is 8.07. The largest absolute Gasteiger partial charge is 0.378 e. The fourth-order valence-corrected chi connectivity index (χ4v) is 3.27. The van der Waals surface area contributed by atoms with Crippen LogP contribution >= 0.6 is 0 Å². The molecule has 0 unspecified atom stereocenters. The van der Waals surface area contributed by atoms with Crippen LogP contribution in [0.4, 0.5) is 11.4 Å². The zero-order valence-electron chi connectivity index (χ0n) is 14.0. The second-order valence-corrected chi connectivity index (χ2v) is 6.62. The Labute approximate surface area is 138 Å². The predicted molar refractivity (Wildman–Crippen MR) is 92.9 cm³/mol. The van der Waals surface area contributed by atoms with Gasteiger partial charge in [0.25, 0.3) is 0 Å². The molecule has 0 bridgehead atoms. The number of likely N-dealkylation sites (tertiary alicyclic amines) is 1. The second kappa shape index (κ2) is 7.79. The number of nitrogens with zero attached hydrogens (tertiary/aromatic N) is 2. The third kappa shape index (κ3) is 4.45. The number of nitrogens with one attached hydrogen (secondary N) is 1. The van der Waals surface area contributed by atoms with Gasteiger partial charge in [0, 0.05) is 13.1 Å². The topological polar surface area (TPSA) is 44.8 Å². The third-order valence-electron chi connectivity index (χ3n) is 4.77. The number of amides is 1. The van der Waals surface area contributed by atoms with E-state index in [9.17, 15) is 4.79 Å². The van der Waals surface area contributed by atoms with E-state index in [4.69, 9.17) is 4.74 Å². The molecule has 2 heterocycles. The number of para-hydroxylation sites is 2. The average Bonchev–Trinajstić information content (AvgIpc) is 2.58. The van der Waals surface area contributed by atoms with E-state index in [2.05, 4.69) is 28.1 Å². The molecule has 23 heavy (non-hydrogen) atoms. The van der Waals surface area contributed by atoms with Gasteiger partial charge in [-0.15, -0.1) is 0 Å². The Kier molecular flexibility index (Phi) is 5.51. The van der Waals surface area contributed by atoms with E-state index in [1.807, 2.05) is 18.2 Å². The minimum absolute atomic E-state index is 0.0836. The number of hydrogen-bond donors (Lipinski definition) is 1. The Balaban J connectivity index is 1.59. The molecule has 3 rings (SSSR count). The number of anilines is 2. The van der Waals surface area contributed by atoms with Crippen LogP contribution in [-0.2, 0) is 9.53 Å². The number of hydrogen-bond acceptors (Lipinski definition) is 4. The molecule has 126 valence electrons. The SMILES string of the molecule is CC1CCN(CC(=O)Nc2ccccc2N2CCOCC2)CC1. The van der Waals surface area contributed by atoms with Crippen molar-refractivity contribution in [2.45, 2.75) is 19.8 Å². The van der Waals surface area contributed by atoms with E-state index in [0.717, 1.165) is 56.7 Å². The van der Waals surface area contributed by atoms with Crippen molar-refractivity contribution in [3.05, 3.63) is 24.3 Å². The Hall–Kier alpha value is -1.59. The van der Waals surface area contributed by atoms with Gasteiger partial charge in [-0.2, -0.15) is 0 Å². The van der Waals surface area contributed by atoms with Crippen LogP contribution in [0.5, 0.6) is 0 Å². The molecule has 2 aliphatic rings. The van der Waals surface area contributed by atoms with Crippen LogP contribution < -0.4 is 10.2 Å². The highest BCUT2D eigenvalue weighted by Crippen LogP contribution is 2.26. The summed E-state index contributed by atoms with van der Waals surface area (Å²) in [6, 6.07) is 8.05. The minimum atomic E-state index is 0.0836. The molecular weight excluding hydrogens is 290 g/mol. The molecule has 5 nitrogen and oxygen atoms in total. The van der Waals surface area contributed by atoms with Gasteiger partial charge in [0.15, 0.2) is 0 Å². The normalized spacial score (nSPS) is 20.5. The number of benzene rings is 1. The van der Waals surface area contributed by atoms with E-state index in [-0.39, 0.29) is 5.91 Å². The number of carbonyl (C=O) groups is 1. The number of morpholine rings is 1. The first kappa shape index (κ1) is 16.3. The summed E-state index contributed by atoms with van der Waals surface area (Å²) in [4.78, 5) is 16.9. The lowest BCUT2D eigenvalue weighted by Crippen LogP contribution is -2.39. The van der Waals surface area contributed by atoms with Crippen molar-refractivity contribution in [3.63, 3.8) is 0 Å². The maximum Gasteiger partial charge on any atom is 0.238 e. The number of piperidine rings is 1. The van der Waals surface area contributed by atoms with E-state index < -0.39 is 0 Å². The van der Waals surface area contributed by atoms with Crippen molar-refractivity contribution in [1.82, 2.24) is 4.90 Å². The van der Waals surface area contributed by atoms with Gasteiger partial charge in [-0.1, -0.05) is 19.1 Å². The molecule has 0 radical (unpaired) electrons. The Bertz CT molecular complexity index is 521. The molecule has 0 aliphatic carbocycles. The van der Waals surface area contributed by atoms with Gasteiger partial charge in [-0.25, -0.2) is 0 Å². The molecule has 0 atom stereocenters. The summed E-state index contributed by atoms with van der Waals surface area (Å²) in [5.41, 5.74) is 2.00. The highest BCUT2D eigenvalue weighted by molar-refractivity contribution is 5.95. The quantitative estimate of drug-likeness (QED) is 0.925. The summed E-state index contributed by atoms with van der Waals surface area (Å²) >= 11 is 0. The molecule has 1 aromatic carbocycles. The molecule has 5 heteroatoms. The highest BCUT2D eigenvalue weighted by atomic mass is 16.5. The van der Waals surface area contributed by atoms with E-state index >= 15 is 0 Å². The Morgan fingerprint density at radius 1 is 1.17 bits per heavy atom. The summed E-state index contributed by atoms with van der Waals surface area (Å²) < 4.78 is 5.42. The minimum Gasteiger partial charge on any atom is -0.378 e. The zero-order chi connectivity index (χ0) is 16.1. The van der Waals surface area contributed by atoms with Gasteiger partial charge in [-0.3, -0.25) is 9.69 Å². The van der Waals surface area contributed by atoms with Gasteiger partial charge in [0.05, 0.1) is 31.1 Å². The van der Waals surface area contributed by atoms with Crippen LogP contribution in [0.3, 0.4) is 0 Å². The Morgan fingerprint density at radius 3 is 2.61 bits per heavy atom. The van der Waals surface area contributed by atoms with Gasteiger partial charge in [-0.05, 0) is 44.0 Å². The van der Waals surface area contributed by atoms with Crippen LogP contribution in [0.1, 0.15) is 19.8 Å². The van der Waals surface area contributed by atoms with Crippen LogP contribution in [0.2, 0.25) is 0 Å². The molecule has 2 saturated heterocycles. The van der Waals surface area contributed by atoms with Crippen molar-refractivity contribution in [2.24, 2.45) is 5.92 Å². The zero-order valence-corrected chi connectivity index (χ0v) is 14.0. The summed E-state index contributed by atoms with van der Waals surface area (Å²) in [5.74, 6) is 0.872. The van der Waals surface area contributed by atoms with Crippen LogP contribution in [0.25, 0.3) is 0 Å². The van der Waals surface area contributed by atoms with Gasteiger partial charge in [0.2, 0.25) is 5.91 Å². The Morgan fingerprint density at radius 2 is 1.87 bits per heavy atom. The van der Waals surface area contributed by atoms with E-state index in [1.165, 1.54) is 12.8 Å². The molecule has 2 fully saturated rings. The van der Waals surface area contributed by atoms with Crippen LogP contribution in [-0.4, -0.2) is 56.7 Å². The van der Waals surface area contributed by atoms with Gasteiger partial charge >= 0.3 is 0 Å². The maximum absolute atomic E-state index is 12.4. The van der Waals surface area contributed by atoms with Crippen molar-refractivity contribution in [3.8, 4) is 0 Å². The molecule has 1 N–H and O–H groups in total. The van der Waals surface area contributed by atoms with E-state index in [0.29, 0.717) is 6.54 Å². The molecule has 1 amide bonds. The van der Waals surface area contributed by atoms with Gasteiger partial charge in [0.1, 0.15) is 0 Å². The average molecular weight is 317 g/mol. The van der Waals surface area contributed by atoms with Crippen molar-refractivity contribution < 1.29 is 9.53 Å². The van der Waals surface area contributed by atoms with Crippen molar-refractivity contribution in [1.29, 1.82) is 0 Å². The number of carbonyl (C=O) groups excluding carboxylic acids is 1. The fourth-order valence-electron chi connectivity index (χ4n) is 3.27. The monoisotopic (exact) mass is 317 g/mol. The maximum atomic E-state index is 12.4. The third-order valence-corrected chi connectivity index (χ3v) is 4.77. The summed E-state index contributed by atoms with van der Waals surface area (Å²) in [6.07, 6.45) is 2.38. The summed E-state index contributed by atoms with van der Waals surface area (Å²) in [5, 5.41) is 3.10. The molecule has 1 aromatic rings. The number of rotatable bonds is 4. The first-order valence-electron chi connectivity index (χ1n) is 8.66. The predicted octanol–water partition coefficient (Wildman–Crippen LogP) is 2.19. The second-order valence-electron chi connectivity index (χ2n) is 6.62. The van der Waals surface area contributed by atoms with Crippen molar-refractivity contribution in [2.75, 3.05) is 56.2 Å². The highest BCUT2D eigenvalue weighted by Gasteiger charge is 2.19.